The Balaban J connectivity index is 1.64. The van der Waals surface area contributed by atoms with Gasteiger partial charge < -0.3 is 20.3 Å². The zero-order chi connectivity index (χ0) is 23.1. The number of likely N-dealkylation sites (N-methyl/N-ethyl adjacent to an activating group) is 1. The van der Waals surface area contributed by atoms with E-state index in [9.17, 15) is 19.7 Å². The minimum Gasteiger partial charge on any atom is -0.497 e. The third-order valence-electron chi connectivity index (χ3n) is 5.48. The first-order valence-corrected chi connectivity index (χ1v) is 10.3. The Hall–Kier alpha value is -3.50. The van der Waals surface area contributed by atoms with E-state index in [0.29, 0.717) is 5.69 Å². The second kappa shape index (κ2) is 10.7. The lowest BCUT2D eigenvalue weighted by atomic mass is 10.0. The van der Waals surface area contributed by atoms with Crippen molar-refractivity contribution < 1.29 is 19.2 Å². The number of benzene rings is 2. The predicted molar refractivity (Wildman–Crippen MR) is 120 cm³/mol. The largest absolute Gasteiger partial charge is 0.497 e. The summed E-state index contributed by atoms with van der Waals surface area (Å²) in [6, 6.07) is 12.9. The highest BCUT2D eigenvalue weighted by Gasteiger charge is 2.25. The number of nitrogens with zero attached hydrogens (tertiary/aromatic N) is 3. The molecule has 1 atom stereocenters. The zero-order valence-electron chi connectivity index (χ0n) is 18.1. The fourth-order valence-corrected chi connectivity index (χ4v) is 3.54. The molecule has 170 valence electrons. The van der Waals surface area contributed by atoms with Gasteiger partial charge in [-0.15, -0.1) is 0 Å². The number of carbonyl (C=O) groups is 2. The predicted octanol–water partition coefficient (Wildman–Crippen LogP) is 1.65. The van der Waals surface area contributed by atoms with Crippen LogP contribution in [0, 0.1) is 10.1 Å². The van der Waals surface area contributed by atoms with Crippen LogP contribution in [0.1, 0.15) is 11.6 Å². The second-order valence-corrected chi connectivity index (χ2v) is 7.60. The van der Waals surface area contributed by atoms with Crippen molar-refractivity contribution in [1.82, 2.24) is 15.1 Å². The number of nitro benzene ring substituents is 1. The number of piperazine rings is 1. The molecule has 1 heterocycles. The van der Waals surface area contributed by atoms with Crippen LogP contribution in [0.3, 0.4) is 0 Å². The smallest absolute Gasteiger partial charge is 0.313 e. The Bertz CT molecular complexity index is 940. The van der Waals surface area contributed by atoms with Crippen LogP contribution in [0.25, 0.3) is 0 Å². The maximum Gasteiger partial charge on any atom is 0.313 e. The number of methoxy groups -OCH3 is 1. The van der Waals surface area contributed by atoms with Crippen LogP contribution in [0.5, 0.6) is 5.75 Å². The van der Waals surface area contributed by atoms with Gasteiger partial charge in [0.2, 0.25) is 0 Å². The van der Waals surface area contributed by atoms with Gasteiger partial charge in [-0.1, -0.05) is 12.1 Å². The van der Waals surface area contributed by atoms with E-state index in [-0.39, 0.29) is 18.3 Å². The lowest BCUT2D eigenvalue weighted by molar-refractivity contribution is -0.384. The Morgan fingerprint density at radius 3 is 2.22 bits per heavy atom. The first kappa shape index (κ1) is 23.2. The van der Waals surface area contributed by atoms with Crippen LogP contribution in [0.15, 0.2) is 48.5 Å². The molecule has 3 rings (SSSR count). The Labute approximate surface area is 186 Å². The molecular weight excluding hydrogens is 414 g/mol. The van der Waals surface area contributed by atoms with Crippen molar-refractivity contribution in [3.63, 3.8) is 0 Å². The number of carbonyl (C=O) groups excluding carboxylic acids is 2. The topological polar surface area (TPSA) is 117 Å². The number of non-ortho nitro benzene ring substituents is 1. The summed E-state index contributed by atoms with van der Waals surface area (Å²) >= 11 is 0. The fourth-order valence-electron chi connectivity index (χ4n) is 3.54. The molecule has 0 radical (unpaired) electrons. The summed E-state index contributed by atoms with van der Waals surface area (Å²) < 4.78 is 5.23. The molecule has 10 nitrogen and oxygen atoms in total. The summed E-state index contributed by atoms with van der Waals surface area (Å²) in [6.45, 7) is 3.79. The average Bonchev–Trinajstić information content (AvgIpc) is 2.80. The highest BCUT2D eigenvalue weighted by molar-refractivity contribution is 6.39. The lowest BCUT2D eigenvalue weighted by Gasteiger charge is -2.38. The van der Waals surface area contributed by atoms with Crippen molar-refractivity contribution in [2.45, 2.75) is 6.04 Å². The first-order chi connectivity index (χ1) is 15.4. The molecule has 0 unspecified atom stereocenters. The number of hydrogen-bond acceptors (Lipinski definition) is 7. The quantitative estimate of drug-likeness (QED) is 0.381. The zero-order valence-corrected chi connectivity index (χ0v) is 18.1. The maximum atomic E-state index is 12.4. The fraction of sp³-hybridized carbons (Fsp3) is 0.364. The molecule has 1 saturated heterocycles. The van der Waals surface area contributed by atoms with E-state index < -0.39 is 16.7 Å². The van der Waals surface area contributed by atoms with Crippen LogP contribution in [0.4, 0.5) is 11.4 Å². The van der Waals surface area contributed by atoms with Gasteiger partial charge in [0.25, 0.3) is 5.69 Å². The van der Waals surface area contributed by atoms with Gasteiger partial charge in [0.15, 0.2) is 0 Å². The number of ether oxygens (including phenoxy) is 1. The highest BCUT2D eigenvalue weighted by Crippen LogP contribution is 2.24. The Morgan fingerprint density at radius 2 is 1.66 bits per heavy atom. The molecule has 0 spiro atoms. The van der Waals surface area contributed by atoms with Crippen LogP contribution in [0.2, 0.25) is 0 Å². The number of anilines is 1. The van der Waals surface area contributed by atoms with Gasteiger partial charge in [0.05, 0.1) is 18.1 Å². The number of nitrogens with one attached hydrogen (secondary N) is 2. The Kier molecular flexibility index (Phi) is 7.74. The number of nitro groups is 1. The molecule has 2 amide bonds. The molecule has 10 heteroatoms. The van der Waals surface area contributed by atoms with Gasteiger partial charge in [-0.2, -0.15) is 0 Å². The van der Waals surface area contributed by atoms with E-state index in [1.807, 2.05) is 24.3 Å². The van der Waals surface area contributed by atoms with Gasteiger partial charge in [-0.3, -0.25) is 24.6 Å². The Morgan fingerprint density at radius 1 is 1.03 bits per heavy atom. The molecule has 0 aliphatic carbocycles. The second-order valence-electron chi connectivity index (χ2n) is 7.60. The van der Waals surface area contributed by atoms with Gasteiger partial charge >= 0.3 is 11.8 Å². The molecule has 32 heavy (non-hydrogen) atoms. The summed E-state index contributed by atoms with van der Waals surface area (Å²) in [4.78, 5) is 39.4. The lowest BCUT2D eigenvalue weighted by Crippen LogP contribution is -2.49. The monoisotopic (exact) mass is 441 g/mol. The number of hydrogen-bond donors (Lipinski definition) is 2. The molecule has 1 aliphatic heterocycles. The van der Waals surface area contributed by atoms with E-state index in [2.05, 4.69) is 27.5 Å². The molecule has 1 aliphatic rings. The molecule has 0 aromatic heterocycles. The van der Waals surface area contributed by atoms with Crippen LogP contribution in [-0.4, -0.2) is 73.4 Å². The minimum absolute atomic E-state index is 0.0919. The van der Waals surface area contributed by atoms with Crippen molar-refractivity contribution in [2.75, 3.05) is 52.2 Å². The SMILES string of the molecule is COc1ccc([C@@H](CNC(=O)C(=O)Nc2ccc([N+](=O)[O-])cc2)N2CCN(C)CC2)cc1. The minimum atomic E-state index is -0.828. The van der Waals surface area contributed by atoms with Gasteiger partial charge in [-0.05, 0) is 36.9 Å². The normalized spacial score (nSPS) is 15.6. The molecular formula is C22H27N5O5. The van der Waals surface area contributed by atoms with Crippen molar-refractivity contribution in [3.8, 4) is 5.75 Å². The van der Waals surface area contributed by atoms with Crippen LogP contribution in [-0.2, 0) is 9.59 Å². The third-order valence-corrected chi connectivity index (χ3v) is 5.48. The summed E-state index contributed by atoms with van der Waals surface area (Å²) in [5.74, 6) is -0.848. The summed E-state index contributed by atoms with van der Waals surface area (Å²) in [6.07, 6.45) is 0. The van der Waals surface area contributed by atoms with E-state index in [1.54, 1.807) is 7.11 Å². The molecule has 2 N–H and O–H groups in total. The average molecular weight is 441 g/mol. The standard InChI is InChI=1S/C22H27N5O5/c1-25-11-13-26(14-12-25)20(16-3-9-19(32-2)10-4-16)15-23-21(28)22(29)24-17-5-7-18(8-6-17)27(30)31/h3-10,20H,11-15H2,1-2H3,(H,23,28)(H,24,29)/t20-/m1/s1. The van der Waals surface area contributed by atoms with E-state index in [1.165, 1.54) is 24.3 Å². The van der Waals surface area contributed by atoms with Crippen molar-refractivity contribution in [2.24, 2.45) is 0 Å². The van der Waals surface area contributed by atoms with Crippen molar-refractivity contribution >= 4 is 23.2 Å². The van der Waals surface area contributed by atoms with Crippen molar-refractivity contribution in [3.05, 3.63) is 64.2 Å². The molecule has 0 bridgehead atoms. The summed E-state index contributed by atoms with van der Waals surface area (Å²) in [5.41, 5.74) is 1.23. The van der Waals surface area contributed by atoms with Crippen LogP contribution >= 0.6 is 0 Å². The number of rotatable bonds is 7. The van der Waals surface area contributed by atoms with E-state index in [0.717, 1.165) is 37.5 Å². The number of amides is 2. The first-order valence-electron chi connectivity index (χ1n) is 10.3. The molecule has 2 aromatic rings. The molecule has 1 fully saturated rings. The maximum absolute atomic E-state index is 12.4. The van der Waals surface area contributed by atoms with Crippen LogP contribution < -0.4 is 15.4 Å². The molecule has 2 aromatic carbocycles. The third kappa shape index (κ3) is 6.02. The molecule has 0 saturated carbocycles. The summed E-state index contributed by atoms with van der Waals surface area (Å²) in [7, 11) is 3.68. The summed E-state index contributed by atoms with van der Waals surface area (Å²) in [5, 5.41) is 15.9. The van der Waals surface area contributed by atoms with E-state index >= 15 is 0 Å². The van der Waals surface area contributed by atoms with Gasteiger partial charge in [0.1, 0.15) is 5.75 Å². The van der Waals surface area contributed by atoms with Crippen molar-refractivity contribution in [1.29, 1.82) is 0 Å². The van der Waals surface area contributed by atoms with E-state index in [4.69, 9.17) is 4.74 Å². The highest BCUT2D eigenvalue weighted by atomic mass is 16.6. The van der Waals surface area contributed by atoms with Gasteiger partial charge in [-0.25, -0.2) is 0 Å². The van der Waals surface area contributed by atoms with Gasteiger partial charge in [0, 0.05) is 50.5 Å².